The first-order chi connectivity index (χ1) is 7.97. The number of nitrogens with one attached hydrogen (secondary N) is 1. The van der Waals surface area contributed by atoms with Crippen LogP contribution in [0.4, 0.5) is 0 Å². The SMILES string of the molecule is CC(CC(=O)O)NC(=O)Cc1cccc(O)c1. The van der Waals surface area contributed by atoms with Crippen molar-refractivity contribution in [3.8, 4) is 5.75 Å². The number of carboxylic acids is 1. The Morgan fingerprint density at radius 1 is 1.41 bits per heavy atom. The van der Waals surface area contributed by atoms with Crippen LogP contribution in [0.25, 0.3) is 0 Å². The fourth-order valence-electron chi connectivity index (χ4n) is 1.49. The first-order valence-electron chi connectivity index (χ1n) is 5.26. The molecular weight excluding hydrogens is 222 g/mol. The number of benzene rings is 1. The van der Waals surface area contributed by atoms with Crippen LogP contribution in [-0.2, 0) is 16.0 Å². The monoisotopic (exact) mass is 237 g/mol. The molecule has 1 unspecified atom stereocenters. The van der Waals surface area contributed by atoms with Crippen molar-refractivity contribution in [2.24, 2.45) is 0 Å². The molecule has 1 atom stereocenters. The summed E-state index contributed by atoms with van der Waals surface area (Å²) in [6.45, 7) is 1.63. The van der Waals surface area contributed by atoms with Gasteiger partial charge >= 0.3 is 5.97 Å². The van der Waals surface area contributed by atoms with Crippen molar-refractivity contribution >= 4 is 11.9 Å². The molecule has 0 bridgehead atoms. The maximum absolute atomic E-state index is 11.5. The molecule has 1 aromatic carbocycles. The second-order valence-electron chi connectivity index (χ2n) is 3.91. The van der Waals surface area contributed by atoms with Crippen molar-refractivity contribution < 1.29 is 19.8 Å². The molecule has 0 spiro atoms. The van der Waals surface area contributed by atoms with E-state index in [1.165, 1.54) is 12.1 Å². The van der Waals surface area contributed by atoms with Gasteiger partial charge in [0, 0.05) is 6.04 Å². The Labute approximate surface area is 99.1 Å². The highest BCUT2D eigenvalue weighted by molar-refractivity contribution is 5.79. The van der Waals surface area contributed by atoms with Crippen molar-refractivity contribution in [3.63, 3.8) is 0 Å². The lowest BCUT2D eigenvalue weighted by atomic mass is 10.1. The summed E-state index contributed by atoms with van der Waals surface area (Å²) in [4.78, 5) is 21.9. The minimum absolute atomic E-state index is 0.105. The van der Waals surface area contributed by atoms with Gasteiger partial charge in [0.2, 0.25) is 5.91 Å². The molecule has 5 heteroatoms. The number of hydrogen-bond donors (Lipinski definition) is 3. The molecule has 0 fully saturated rings. The molecule has 1 aromatic rings. The lowest BCUT2D eigenvalue weighted by molar-refractivity contribution is -0.137. The number of phenolic OH excluding ortho intramolecular Hbond substituents is 1. The Balaban J connectivity index is 2.47. The largest absolute Gasteiger partial charge is 0.508 e. The predicted octanol–water partition coefficient (Wildman–Crippen LogP) is 0.914. The number of aromatic hydroxyl groups is 1. The van der Waals surface area contributed by atoms with E-state index < -0.39 is 12.0 Å². The molecule has 3 N–H and O–H groups in total. The van der Waals surface area contributed by atoms with Crippen molar-refractivity contribution in [1.29, 1.82) is 0 Å². The van der Waals surface area contributed by atoms with Crippen LogP contribution in [-0.4, -0.2) is 28.1 Å². The molecule has 0 aliphatic rings. The van der Waals surface area contributed by atoms with E-state index in [1.54, 1.807) is 19.1 Å². The minimum atomic E-state index is -0.949. The minimum Gasteiger partial charge on any atom is -0.508 e. The molecular formula is C12H15NO4. The summed E-state index contributed by atoms with van der Waals surface area (Å²) in [5.41, 5.74) is 0.685. The highest BCUT2D eigenvalue weighted by Crippen LogP contribution is 2.11. The number of carbonyl (C=O) groups is 2. The summed E-state index contributed by atoms with van der Waals surface area (Å²) >= 11 is 0. The summed E-state index contributed by atoms with van der Waals surface area (Å²) in [5, 5.41) is 20.3. The van der Waals surface area contributed by atoms with E-state index in [4.69, 9.17) is 5.11 Å². The van der Waals surface area contributed by atoms with Crippen molar-refractivity contribution in [2.75, 3.05) is 0 Å². The Morgan fingerprint density at radius 2 is 2.12 bits per heavy atom. The summed E-state index contributed by atoms with van der Waals surface area (Å²) in [5.74, 6) is -1.10. The average molecular weight is 237 g/mol. The number of phenols is 1. The molecule has 0 aliphatic carbocycles. The number of aliphatic carboxylic acids is 1. The highest BCUT2D eigenvalue weighted by Gasteiger charge is 2.11. The lowest BCUT2D eigenvalue weighted by Gasteiger charge is -2.11. The summed E-state index contributed by atoms with van der Waals surface area (Å²) in [6.07, 6.45) is 0.0180. The van der Waals surface area contributed by atoms with Gasteiger partial charge in [-0.05, 0) is 24.6 Å². The van der Waals surface area contributed by atoms with Crippen LogP contribution in [0.15, 0.2) is 24.3 Å². The molecule has 5 nitrogen and oxygen atoms in total. The van der Waals surface area contributed by atoms with Crippen molar-refractivity contribution in [1.82, 2.24) is 5.32 Å². The van der Waals surface area contributed by atoms with Crippen LogP contribution in [0.3, 0.4) is 0 Å². The van der Waals surface area contributed by atoms with Crippen LogP contribution in [0, 0.1) is 0 Å². The molecule has 0 aromatic heterocycles. The Bertz CT molecular complexity index is 417. The van der Waals surface area contributed by atoms with Gasteiger partial charge in [-0.2, -0.15) is 0 Å². The maximum Gasteiger partial charge on any atom is 0.305 e. The van der Waals surface area contributed by atoms with Gasteiger partial charge in [0.1, 0.15) is 5.75 Å². The van der Waals surface area contributed by atoms with Gasteiger partial charge in [-0.25, -0.2) is 0 Å². The predicted molar refractivity (Wildman–Crippen MR) is 61.7 cm³/mol. The number of rotatable bonds is 5. The average Bonchev–Trinajstić information content (AvgIpc) is 2.14. The third-order valence-electron chi connectivity index (χ3n) is 2.16. The molecule has 92 valence electrons. The van der Waals surface area contributed by atoms with Crippen LogP contribution < -0.4 is 5.32 Å². The van der Waals surface area contributed by atoms with E-state index in [2.05, 4.69) is 5.32 Å². The second-order valence-corrected chi connectivity index (χ2v) is 3.91. The van der Waals surface area contributed by atoms with Gasteiger partial charge in [0.15, 0.2) is 0 Å². The molecule has 0 saturated carbocycles. The van der Waals surface area contributed by atoms with Gasteiger partial charge in [0.05, 0.1) is 12.8 Å². The van der Waals surface area contributed by atoms with Gasteiger partial charge in [-0.15, -0.1) is 0 Å². The summed E-state index contributed by atoms with van der Waals surface area (Å²) in [6, 6.07) is 5.99. The zero-order valence-electron chi connectivity index (χ0n) is 9.51. The second kappa shape index (κ2) is 5.89. The van der Waals surface area contributed by atoms with E-state index in [1.807, 2.05) is 0 Å². The highest BCUT2D eigenvalue weighted by atomic mass is 16.4. The standard InChI is InChI=1S/C12H15NO4/c1-8(5-12(16)17)13-11(15)7-9-3-2-4-10(14)6-9/h2-4,6,8,14H,5,7H2,1H3,(H,13,15)(H,16,17). The van der Waals surface area contributed by atoms with Crippen molar-refractivity contribution in [2.45, 2.75) is 25.8 Å². The fraction of sp³-hybridized carbons (Fsp3) is 0.333. The van der Waals surface area contributed by atoms with E-state index in [0.717, 1.165) is 0 Å². The molecule has 0 saturated heterocycles. The van der Waals surface area contributed by atoms with Crippen LogP contribution in [0.5, 0.6) is 5.75 Å². The first-order valence-corrected chi connectivity index (χ1v) is 5.26. The Morgan fingerprint density at radius 3 is 2.71 bits per heavy atom. The van der Waals surface area contributed by atoms with Crippen molar-refractivity contribution in [3.05, 3.63) is 29.8 Å². The quantitative estimate of drug-likeness (QED) is 0.710. The number of carboxylic acid groups (broad SMARTS) is 1. The van der Waals surface area contributed by atoms with Crippen LogP contribution >= 0.6 is 0 Å². The molecule has 1 amide bonds. The van der Waals surface area contributed by atoms with Gasteiger partial charge in [-0.3, -0.25) is 9.59 Å². The zero-order valence-corrected chi connectivity index (χ0v) is 9.51. The number of hydrogen-bond acceptors (Lipinski definition) is 3. The van der Waals surface area contributed by atoms with E-state index in [-0.39, 0.29) is 24.5 Å². The molecule has 0 radical (unpaired) electrons. The Kier molecular flexibility index (Phi) is 4.51. The number of amides is 1. The van der Waals surface area contributed by atoms with Gasteiger partial charge in [-0.1, -0.05) is 12.1 Å². The van der Waals surface area contributed by atoms with Crippen LogP contribution in [0.2, 0.25) is 0 Å². The molecule has 1 rings (SSSR count). The van der Waals surface area contributed by atoms with E-state index in [0.29, 0.717) is 5.56 Å². The topological polar surface area (TPSA) is 86.6 Å². The van der Waals surface area contributed by atoms with E-state index >= 15 is 0 Å². The van der Waals surface area contributed by atoms with Gasteiger partial charge in [0.25, 0.3) is 0 Å². The zero-order chi connectivity index (χ0) is 12.8. The molecule has 0 aliphatic heterocycles. The number of carbonyl (C=O) groups excluding carboxylic acids is 1. The smallest absolute Gasteiger partial charge is 0.305 e. The fourth-order valence-corrected chi connectivity index (χ4v) is 1.49. The van der Waals surface area contributed by atoms with Crippen LogP contribution in [0.1, 0.15) is 18.9 Å². The normalized spacial score (nSPS) is 11.8. The van der Waals surface area contributed by atoms with E-state index in [9.17, 15) is 14.7 Å². The Hall–Kier alpha value is -2.04. The molecule has 17 heavy (non-hydrogen) atoms. The summed E-state index contributed by atoms with van der Waals surface area (Å²) < 4.78 is 0. The molecule has 0 heterocycles. The first kappa shape index (κ1) is 13.0. The maximum atomic E-state index is 11.5. The van der Waals surface area contributed by atoms with Gasteiger partial charge < -0.3 is 15.5 Å². The summed E-state index contributed by atoms with van der Waals surface area (Å²) in [7, 11) is 0. The lowest BCUT2D eigenvalue weighted by Crippen LogP contribution is -2.35. The third kappa shape index (κ3) is 5.01. The third-order valence-corrected chi connectivity index (χ3v) is 2.16.